The molecular formula is C19H24N4O5. The number of benzene rings is 1. The molecule has 0 saturated carbocycles. The highest BCUT2D eigenvalue weighted by molar-refractivity contribution is 5.93. The van der Waals surface area contributed by atoms with Crippen LogP contribution in [0.15, 0.2) is 18.2 Å². The second-order valence-corrected chi connectivity index (χ2v) is 7.05. The van der Waals surface area contributed by atoms with E-state index >= 15 is 0 Å². The molecule has 0 atom stereocenters. The van der Waals surface area contributed by atoms with Crippen LogP contribution in [0.1, 0.15) is 36.5 Å². The second-order valence-electron chi connectivity index (χ2n) is 7.05. The van der Waals surface area contributed by atoms with Crippen LogP contribution in [0.5, 0.6) is 11.5 Å². The molecule has 0 bridgehead atoms. The van der Waals surface area contributed by atoms with E-state index in [2.05, 4.69) is 10.3 Å². The van der Waals surface area contributed by atoms with E-state index < -0.39 is 5.97 Å². The van der Waals surface area contributed by atoms with Gasteiger partial charge in [-0.1, -0.05) is 19.1 Å². The molecule has 0 unspecified atom stereocenters. The molecule has 0 radical (unpaired) electrons. The average molecular weight is 388 g/mol. The van der Waals surface area contributed by atoms with Crippen molar-refractivity contribution in [1.82, 2.24) is 19.9 Å². The largest absolute Gasteiger partial charge is 0.486 e. The number of hydrogen-bond acceptors (Lipinski definition) is 6. The van der Waals surface area contributed by atoms with Gasteiger partial charge in [-0.15, -0.1) is 5.10 Å². The number of aromatic nitrogens is 3. The zero-order valence-electron chi connectivity index (χ0n) is 16.2. The van der Waals surface area contributed by atoms with E-state index in [1.54, 1.807) is 23.7 Å². The van der Waals surface area contributed by atoms with E-state index in [9.17, 15) is 9.59 Å². The van der Waals surface area contributed by atoms with Crippen molar-refractivity contribution in [2.75, 3.05) is 26.3 Å². The Morgan fingerprint density at radius 2 is 1.96 bits per heavy atom. The summed E-state index contributed by atoms with van der Waals surface area (Å²) in [5.74, 6) is 0.218. The predicted molar refractivity (Wildman–Crippen MR) is 100 cm³/mol. The standard InChI is InChI=1S/C19H24N4O5/c1-12(2)11-22(7-6-17(24)25)19(26)18-13(3)23(21-20-18)14-4-5-15-16(10-14)28-9-8-27-15/h4-5,10,12H,6-9,11H2,1-3H3,(H,24,25). The summed E-state index contributed by atoms with van der Waals surface area (Å²) in [4.78, 5) is 25.4. The lowest BCUT2D eigenvalue weighted by atomic mass is 10.2. The third-order valence-electron chi connectivity index (χ3n) is 4.34. The Bertz CT molecular complexity index is 877. The van der Waals surface area contributed by atoms with Crippen LogP contribution in [-0.2, 0) is 4.79 Å². The van der Waals surface area contributed by atoms with Crippen LogP contribution in [0.4, 0.5) is 0 Å². The highest BCUT2D eigenvalue weighted by Gasteiger charge is 2.24. The third-order valence-corrected chi connectivity index (χ3v) is 4.34. The van der Waals surface area contributed by atoms with Gasteiger partial charge in [-0.25, -0.2) is 4.68 Å². The molecular weight excluding hydrogens is 364 g/mol. The second kappa shape index (κ2) is 8.28. The van der Waals surface area contributed by atoms with Crippen LogP contribution in [0.25, 0.3) is 5.69 Å². The zero-order valence-corrected chi connectivity index (χ0v) is 16.2. The molecule has 9 nitrogen and oxygen atoms in total. The fraction of sp³-hybridized carbons (Fsp3) is 0.474. The van der Waals surface area contributed by atoms with Gasteiger partial charge in [0.25, 0.3) is 5.91 Å². The molecule has 1 aliphatic rings. The maximum atomic E-state index is 13.0. The van der Waals surface area contributed by atoms with Gasteiger partial charge in [0.15, 0.2) is 17.2 Å². The van der Waals surface area contributed by atoms with Crippen LogP contribution in [0.2, 0.25) is 0 Å². The molecule has 9 heteroatoms. The fourth-order valence-electron chi connectivity index (χ4n) is 3.03. The number of amides is 1. The highest BCUT2D eigenvalue weighted by atomic mass is 16.6. The molecule has 2 aromatic rings. The molecule has 0 saturated heterocycles. The Morgan fingerprint density at radius 3 is 2.64 bits per heavy atom. The molecule has 0 spiro atoms. The molecule has 0 fully saturated rings. The Labute approximate surface area is 162 Å². The normalized spacial score (nSPS) is 12.9. The minimum absolute atomic E-state index is 0.117. The first-order valence-corrected chi connectivity index (χ1v) is 9.20. The minimum Gasteiger partial charge on any atom is -0.486 e. The lowest BCUT2D eigenvalue weighted by Crippen LogP contribution is -2.36. The van der Waals surface area contributed by atoms with E-state index in [1.165, 1.54) is 4.90 Å². The molecule has 1 amide bonds. The van der Waals surface area contributed by atoms with E-state index in [0.29, 0.717) is 42.6 Å². The fourth-order valence-corrected chi connectivity index (χ4v) is 3.03. The summed E-state index contributed by atoms with van der Waals surface area (Å²) in [5, 5.41) is 17.1. The van der Waals surface area contributed by atoms with Gasteiger partial charge in [-0.05, 0) is 25.0 Å². The number of nitrogens with zero attached hydrogens (tertiary/aromatic N) is 4. The van der Waals surface area contributed by atoms with Crippen LogP contribution < -0.4 is 9.47 Å². The van der Waals surface area contributed by atoms with Crippen LogP contribution in [-0.4, -0.2) is 63.2 Å². The average Bonchev–Trinajstić information content (AvgIpc) is 3.05. The van der Waals surface area contributed by atoms with Crippen molar-refractivity contribution in [3.05, 3.63) is 29.6 Å². The number of aliphatic carboxylic acids is 1. The number of fused-ring (bicyclic) bond motifs is 1. The Balaban J connectivity index is 1.86. The SMILES string of the molecule is Cc1c(C(=O)N(CCC(=O)O)CC(C)C)nnn1-c1ccc2c(c1)OCCO2. The van der Waals surface area contributed by atoms with E-state index in [-0.39, 0.29) is 30.5 Å². The first-order chi connectivity index (χ1) is 13.4. The summed E-state index contributed by atoms with van der Waals surface area (Å²) < 4.78 is 12.7. The van der Waals surface area contributed by atoms with E-state index in [1.807, 2.05) is 19.9 Å². The molecule has 150 valence electrons. The van der Waals surface area contributed by atoms with Crippen molar-refractivity contribution in [2.24, 2.45) is 5.92 Å². The van der Waals surface area contributed by atoms with Gasteiger partial charge in [0.1, 0.15) is 13.2 Å². The number of carbonyl (C=O) groups is 2. The van der Waals surface area contributed by atoms with Gasteiger partial charge in [-0.3, -0.25) is 9.59 Å². The third kappa shape index (κ3) is 4.24. The van der Waals surface area contributed by atoms with Crippen molar-refractivity contribution in [3.8, 4) is 17.2 Å². The highest BCUT2D eigenvalue weighted by Crippen LogP contribution is 2.32. The molecule has 1 aromatic carbocycles. The number of carboxylic acid groups (broad SMARTS) is 1. The lowest BCUT2D eigenvalue weighted by molar-refractivity contribution is -0.137. The molecule has 0 aliphatic carbocycles. The number of carboxylic acids is 1. The monoisotopic (exact) mass is 388 g/mol. The molecule has 28 heavy (non-hydrogen) atoms. The van der Waals surface area contributed by atoms with E-state index in [4.69, 9.17) is 14.6 Å². The van der Waals surface area contributed by atoms with E-state index in [0.717, 1.165) is 0 Å². The van der Waals surface area contributed by atoms with Crippen molar-refractivity contribution in [2.45, 2.75) is 27.2 Å². The Hall–Kier alpha value is -3.10. The predicted octanol–water partition coefficient (Wildman–Crippen LogP) is 1.92. The van der Waals surface area contributed by atoms with Crippen LogP contribution in [0.3, 0.4) is 0 Å². The van der Waals surface area contributed by atoms with Gasteiger partial charge in [0.2, 0.25) is 0 Å². The summed E-state index contributed by atoms with van der Waals surface area (Å²) in [6.07, 6.45) is -0.117. The van der Waals surface area contributed by atoms with Gasteiger partial charge in [0, 0.05) is 19.2 Å². The summed E-state index contributed by atoms with van der Waals surface area (Å²) in [7, 11) is 0. The lowest BCUT2D eigenvalue weighted by Gasteiger charge is -2.23. The maximum absolute atomic E-state index is 13.0. The summed E-state index contributed by atoms with van der Waals surface area (Å²) in [6.45, 7) is 7.26. The minimum atomic E-state index is -0.946. The van der Waals surface area contributed by atoms with Crippen LogP contribution in [0, 0.1) is 12.8 Å². The Morgan fingerprint density at radius 1 is 1.25 bits per heavy atom. The first kappa shape index (κ1) is 19.7. The smallest absolute Gasteiger partial charge is 0.305 e. The molecule has 1 aliphatic heterocycles. The van der Waals surface area contributed by atoms with Crippen molar-refractivity contribution >= 4 is 11.9 Å². The van der Waals surface area contributed by atoms with Gasteiger partial charge in [0.05, 0.1) is 17.8 Å². The summed E-state index contributed by atoms with van der Waals surface area (Å²) in [5.41, 5.74) is 1.49. The number of ether oxygens (including phenoxy) is 2. The van der Waals surface area contributed by atoms with Crippen LogP contribution >= 0.6 is 0 Å². The molecule has 2 heterocycles. The topological polar surface area (TPSA) is 107 Å². The molecule has 1 N–H and O–H groups in total. The quantitative estimate of drug-likeness (QED) is 0.772. The zero-order chi connectivity index (χ0) is 20.3. The van der Waals surface area contributed by atoms with Crippen molar-refractivity contribution in [3.63, 3.8) is 0 Å². The maximum Gasteiger partial charge on any atom is 0.305 e. The van der Waals surface area contributed by atoms with Crippen molar-refractivity contribution in [1.29, 1.82) is 0 Å². The molecule has 3 rings (SSSR count). The molecule has 1 aromatic heterocycles. The van der Waals surface area contributed by atoms with Gasteiger partial charge < -0.3 is 19.5 Å². The number of carbonyl (C=O) groups excluding carboxylic acids is 1. The van der Waals surface area contributed by atoms with Gasteiger partial charge >= 0.3 is 5.97 Å². The van der Waals surface area contributed by atoms with Gasteiger partial charge in [-0.2, -0.15) is 0 Å². The number of hydrogen-bond donors (Lipinski definition) is 1. The van der Waals surface area contributed by atoms with Crippen molar-refractivity contribution < 1.29 is 24.2 Å². The number of rotatable bonds is 7. The summed E-state index contributed by atoms with van der Waals surface area (Å²) in [6, 6.07) is 5.41. The first-order valence-electron chi connectivity index (χ1n) is 9.20. The summed E-state index contributed by atoms with van der Waals surface area (Å²) >= 11 is 0. The Kier molecular flexibility index (Phi) is 5.81.